The van der Waals surface area contributed by atoms with Crippen LogP contribution < -0.4 is 9.80 Å². The molecule has 0 amide bonds. The van der Waals surface area contributed by atoms with Gasteiger partial charge in [0, 0.05) is 45.5 Å². The van der Waals surface area contributed by atoms with Gasteiger partial charge in [0.1, 0.15) is 11.6 Å². The highest BCUT2D eigenvalue weighted by molar-refractivity contribution is 9.10. The van der Waals surface area contributed by atoms with Gasteiger partial charge < -0.3 is 19.0 Å². The Balaban J connectivity index is 1.39. The number of furan rings is 1. The third kappa shape index (κ3) is 4.02. The zero-order valence-electron chi connectivity index (χ0n) is 15.0. The van der Waals surface area contributed by atoms with E-state index in [1.807, 2.05) is 24.4 Å². The molecule has 2 aromatic heterocycles. The summed E-state index contributed by atoms with van der Waals surface area (Å²) >= 11 is 3.37. The van der Waals surface area contributed by atoms with E-state index in [9.17, 15) is 0 Å². The topological polar surface area (TPSA) is 57.9 Å². The fraction of sp³-hybridized carbons (Fsp3) is 0.556. The maximum Gasteiger partial charge on any atom is 0.227 e. The van der Waals surface area contributed by atoms with Gasteiger partial charge in [-0.1, -0.05) is 0 Å². The highest BCUT2D eigenvalue weighted by Gasteiger charge is 2.27. The van der Waals surface area contributed by atoms with Crippen LogP contribution in [0.4, 0.5) is 11.8 Å². The molecule has 2 aromatic rings. The number of rotatable bonds is 5. The van der Waals surface area contributed by atoms with Crippen LogP contribution in [-0.4, -0.2) is 67.4 Å². The first-order valence-corrected chi connectivity index (χ1v) is 9.83. The molecule has 7 nitrogen and oxygen atoms in total. The summed E-state index contributed by atoms with van der Waals surface area (Å²) in [5, 5.41) is 0. The molecule has 26 heavy (non-hydrogen) atoms. The number of likely N-dealkylation sites (tertiary alicyclic amines) is 1. The Hall–Kier alpha value is -1.64. The molecular weight excluding hydrogens is 398 g/mol. The third-order valence-corrected chi connectivity index (χ3v) is 5.51. The summed E-state index contributed by atoms with van der Waals surface area (Å²) < 4.78 is 11.8. The summed E-state index contributed by atoms with van der Waals surface area (Å²) in [7, 11) is 2.13. The molecule has 0 radical (unpaired) electrons. The van der Waals surface area contributed by atoms with Gasteiger partial charge in [0.15, 0.2) is 4.67 Å². The molecule has 1 atom stereocenters. The molecule has 0 bridgehead atoms. The quantitative estimate of drug-likeness (QED) is 0.734. The van der Waals surface area contributed by atoms with Gasteiger partial charge in [-0.15, -0.1) is 0 Å². The number of ether oxygens (including phenoxy) is 1. The van der Waals surface area contributed by atoms with Crippen LogP contribution in [0.5, 0.6) is 0 Å². The van der Waals surface area contributed by atoms with Gasteiger partial charge in [0.05, 0.1) is 19.8 Å². The molecule has 0 aliphatic carbocycles. The number of morpholine rings is 1. The summed E-state index contributed by atoms with van der Waals surface area (Å²) in [6, 6.07) is 6.42. The predicted octanol–water partition coefficient (Wildman–Crippen LogP) is 2.38. The average molecular weight is 422 g/mol. The van der Waals surface area contributed by atoms with Crippen LogP contribution in [0.1, 0.15) is 12.2 Å². The van der Waals surface area contributed by atoms with Crippen molar-refractivity contribution in [1.29, 1.82) is 0 Å². The van der Waals surface area contributed by atoms with Crippen molar-refractivity contribution in [1.82, 2.24) is 14.9 Å². The van der Waals surface area contributed by atoms with E-state index in [-0.39, 0.29) is 0 Å². The molecule has 1 unspecified atom stereocenters. The number of hydrogen-bond acceptors (Lipinski definition) is 7. The van der Waals surface area contributed by atoms with Crippen LogP contribution in [0, 0.1) is 0 Å². The summed E-state index contributed by atoms with van der Waals surface area (Å²) in [6.45, 7) is 6.10. The normalized spacial score (nSPS) is 21.3. The maximum absolute atomic E-state index is 5.63. The summed E-state index contributed by atoms with van der Waals surface area (Å²) in [5.41, 5.74) is 0. The molecule has 4 heterocycles. The van der Waals surface area contributed by atoms with Gasteiger partial charge >= 0.3 is 0 Å². The Morgan fingerprint density at radius 3 is 2.85 bits per heavy atom. The largest absolute Gasteiger partial charge is 0.453 e. The average Bonchev–Trinajstić information content (AvgIpc) is 3.31. The molecule has 4 rings (SSSR count). The molecule has 0 aromatic carbocycles. The molecule has 140 valence electrons. The van der Waals surface area contributed by atoms with Crippen LogP contribution in [0.3, 0.4) is 0 Å². The van der Waals surface area contributed by atoms with E-state index in [0.29, 0.717) is 6.04 Å². The number of hydrogen-bond donors (Lipinski definition) is 0. The predicted molar refractivity (Wildman–Crippen MR) is 104 cm³/mol. The highest BCUT2D eigenvalue weighted by atomic mass is 79.9. The molecule has 2 saturated heterocycles. The van der Waals surface area contributed by atoms with Gasteiger partial charge in [-0.05, 0) is 40.5 Å². The number of anilines is 2. The standard InChI is InChI=1S/C18H24BrN5O2/c1-22(14-5-7-23(12-14)13-15-2-3-16(19)26-15)17-4-6-20-18(21-17)24-8-10-25-11-9-24/h2-4,6,14H,5,7-13H2,1H3. The van der Waals surface area contributed by atoms with Gasteiger partial charge in [0.2, 0.25) is 5.95 Å². The maximum atomic E-state index is 5.63. The van der Waals surface area contributed by atoms with Crippen molar-refractivity contribution >= 4 is 27.7 Å². The zero-order chi connectivity index (χ0) is 17.9. The van der Waals surface area contributed by atoms with Crippen LogP contribution >= 0.6 is 15.9 Å². The highest BCUT2D eigenvalue weighted by Crippen LogP contribution is 2.24. The minimum absolute atomic E-state index is 0.445. The Kier molecular flexibility index (Phi) is 5.42. The summed E-state index contributed by atoms with van der Waals surface area (Å²) in [5.74, 6) is 2.78. The first-order chi connectivity index (χ1) is 12.7. The van der Waals surface area contributed by atoms with Crippen LogP contribution in [0.2, 0.25) is 0 Å². The van der Waals surface area contributed by atoms with E-state index in [2.05, 4.69) is 42.7 Å². The van der Waals surface area contributed by atoms with Crippen LogP contribution in [0.15, 0.2) is 33.5 Å². The molecule has 8 heteroatoms. The van der Waals surface area contributed by atoms with Crippen molar-refractivity contribution in [2.45, 2.75) is 19.0 Å². The van der Waals surface area contributed by atoms with Gasteiger partial charge in [-0.25, -0.2) is 4.98 Å². The SMILES string of the molecule is CN(c1ccnc(N2CCOCC2)n1)C1CCN(Cc2ccc(Br)o2)C1. The van der Waals surface area contributed by atoms with Crippen molar-refractivity contribution in [3.63, 3.8) is 0 Å². The number of likely N-dealkylation sites (N-methyl/N-ethyl adjacent to an activating group) is 1. The molecule has 0 spiro atoms. The molecule has 0 saturated carbocycles. The first-order valence-electron chi connectivity index (χ1n) is 9.04. The first kappa shape index (κ1) is 17.8. The fourth-order valence-electron chi connectivity index (χ4n) is 3.57. The van der Waals surface area contributed by atoms with Gasteiger partial charge in [-0.2, -0.15) is 4.98 Å². The molecule has 2 aliphatic heterocycles. The molecule has 2 aliphatic rings. The second-order valence-electron chi connectivity index (χ2n) is 6.81. The minimum Gasteiger partial charge on any atom is -0.453 e. The summed E-state index contributed by atoms with van der Waals surface area (Å²) in [6.07, 6.45) is 2.98. The second-order valence-corrected chi connectivity index (χ2v) is 7.59. The monoisotopic (exact) mass is 421 g/mol. The lowest BCUT2D eigenvalue weighted by molar-refractivity contribution is 0.122. The Morgan fingerprint density at radius 1 is 1.23 bits per heavy atom. The summed E-state index contributed by atoms with van der Waals surface area (Å²) in [4.78, 5) is 16.1. The Labute approximate surface area is 162 Å². The van der Waals surface area contributed by atoms with E-state index in [4.69, 9.17) is 14.1 Å². The lowest BCUT2D eigenvalue weighted by Crippen LogP contribution is -2.38. The van der Waals surface area contributed by atoms with Crippen molar-refractivity contribution in [3.05, 3.63) is 34.8 Å². The van der Waals surface area contributed by atoms with E-state index < -0.39 is 0 Å². The minimum atomic E-state index is 0.445. The van der Waals surface area contributed by atoms with Crippen molar-refractivity contribution in [2.75, 3.05) is 56.2 Å². The lowest BCUT2D eigenvalue weighted by atomic mass is 10.2. The van der Waals surface area contributed by atoms with Crippen molar-refractivity contribution < 1.29 is 9.15 Å². The van der Waals surface area contributed by atoms with E-state index in [1.165, 1.54) is 0 Å². The van der Waals surface area contributed by atoms with E-state index in [1.54, 1.807) is 0 Å². The number of nitrogens with zero attached hydrogens (tertiary/aromatic N) is 5. The van der Waals surface area contributed by atoms with Gasteiger partial charge in [-0.3, -0.25) is 4.90 Å². The lowest BCUT2D eigenvalue weighted by Gasteiger charge is -2.29. The number of halogens is 1. The third-order valence-electron chi connectivity index (χ3n) is 5.09. The molecule has 0 N–H and O–H groups in total. The smallest absolute Gasteiger partial charge is 0.227 e. The zero-order valence-corrected chi connectivity index (χ0v) is 16.6. The van der Waals surface area contributed by atoms with E-state index in [0.717, 1.165) is 74.6 Å². The Bertz CT molecular complexity index is 734. The van der Waals surface area contributed by atoms with Gasteiger partial charge in [0.25, 0.3) is 0 Å². The molecule has 2 fully saturated rings. The van der Waals surface area contributed by atoms with Crippen molar-refractivity contribution in [2.24, 2.45) is 0 Å². The Morgan fingerprint density at radius 2 is 2.08 bits per heavy atom. The van der Waals surface area contributed by atoms with Crippen LogP contribution in [0.25, 0.3) is 0 Å². The van der Waals surface area contributed by atoms with E-state index >= 15 is 0 Å². The fourth-order valence-corrected chi connectivity index (χ4v) is 3.91. The van der Waals surface area contributed by atoms with Crippen LogP contribution in [-0.2, 0) is 11.3 Å². The molecular formula is C18H24BrN5O2. The van der Waals surface area contributed by atoms with Crippen molar-refractivity contribution in [3.8, 4) is 0 Å². The number of aromatic nitrogens is 2. The second kappa shape index (κ2) is 7.94.